The van der Waals surface area contributed by atoms with E-state index in [-0.39, 0.29) is 33.6 Å². The van der Waals surface area contributed by atoms with Crippen LogP contribution < -0.4 is 9.62 Å². The fourth-order valence-electron chi connectivity index (χ4n) is 3.93. The van der Waals surface area contributed by atoms with E-state index in [9.17, 15) is 22.4 Å². The SMILES string of the molecule is CCNC(=O)C(CC)N(Cc1ccc(Cl)cc1Cl)C(=O)CN(c1ccc(F)c(Cl)c1)S(=O)(=O)c1ccccc1. The molecule has 0 radical (unpaired) electrons. The highest BCUT2D eigenvalue weighted by atomic mass is 35.5. The predicted molar refractivity (Wildman–Crippen MR) is 152 cm³/mol. The Morgan fingerprint density at radius 1 is 0.949 bits per heavy atom. The number of hydrogen-bond donors (Lipinski definition) is 1. The normalized spacial score (nSPS) is 12.1. The summed E-state index contributed by atoms with van der Waals surface area (Å²) in [6.45, 7) is 3.04. The summed E-state index contributed by atoms with van der Waals surface area (Å²) < 4.78 is 42.2. The highest BCUT2D eigenvalue weighted by molar-refractivity contribution is 7.92. The highest BCUT2D eigenvalue weighted by Gasteiger charge is 2.34. The van der Waals surface area contributed by atoms with Crippen molar-refractivity contribution in [2.24, 2.45) is 0 Å². The molecule has 208 valence electrons. The minimum absolute atomic E-state index is 0.0193. The molecule has 0 aliphatic carbocycles. The van der Waals surface area contributed by atoms with Crippen molar-refractivity contribution in [3.05, 3.63) is 93.2 Å². The smallest absolute Gasteiger partial charge is 0.264 e. The van der Waals surface area contributed by atoms with Gasteiger partial charge in [-0.1, -0.05) is 66.0 Å². The summed E-state index contributed by atoms with van der Waals surface area (Å²) in [5, 5.41) is 3.08. The van der Waals surface area contributed by atoms with Gasteiger partial charge in [0.1, 0.15) is 18.4 Å². The number of halogens is 4. The van der Waals surface area contributed by atoms with Gasteiger partial charge in [0, 0.05) is 23.1 Å². The van der Waals surface area contributed by atoms with Gasteiger partial charge in [-0.25, -0.2) is 12.8 Å². The number of anilines is 1. The maximum atomic E-state index is 14.0. The number of nitrogens with zero attached hydrogens (tertiary/aromatic N) is 2. The summed E-state index contributed by atoms with van der Waals surface area (Å²) >= 11 is 18.4. The summed E-state index contributed by atoms with van der Waals surface area (Å²) in [7, 11) is -4.30. The number of carbonyl (C=O) groups excluding carboxylic acids is 2. The first-order chi connectivity index (χ1) is 18.5. The molecule has 0 aliphatic rings. The van der Waals surface area contributed by atoms with Crippen LogP contribution in [-0.4, -0.2) is 44.3 Å². The van der Waals surface area contributed by atoms with Gasteiger partial charge in [-0.2, -0.15) is 0 Å². The Morgan fingerprint density at radius 3 is 2.23 bits per heavy atom. The van der Waals surface area contributed by atoms with E-state index in [4.69, 9.17) is 34.8 Å². The molecular formula is C27H27Cl3FN3O4S. The van der Waals surface area contributed by atoms with E-state index in [0.29, 0.717) is 17.1 Å². The molecule has 3 aromatic carbocycles. The molecule has 0 saturated heterocycles. The van der Waals surface area contributed by atoms with E-state index in [1.165, 1.54) is 29.2 Å². The maximum absolute atomic E-state index is 14.0. The van der Waals surface area contributed by atoms with E-state index in [1.807, 2.05) is 0 Å². The number of nitrogens with one attached hydrogen (secondary N) is 1. The first kappa shape index (κ1) is 30.7. The Bertz CT molecular complexity index is 1440. The zero-order valence-electron chi connectivity index (χ0n) is 21.2. The van der Waals surface area contributed by atoms with Crippen molar-refractivity contribution in [1.82, 2.24) is 10.2 Å². The second-order valence-corrected chi connectivity index (χ2v) is 11.6. The Labute approximate surface area is 242 Å². The van der Waals surface area contributed by atoms with Crippen LogP contribution in [0.5, 0.6) is 0 Å². The molecule has 2 amide bonds. The van der Waals surface area contributed by atoms with Crippen molar-refractivity contribution >= 4 is 62.3 Å². The van der Waals surface area contributed by atoms with E-state index in [1.54, 1.807) is 44.2 Å². The van der Waals surface area contributed by atoms with Crippen LogP contribution in [0.3, 0.4) is 0 Å². The Morgan fingerprint density at radius 2 is 1.64 bits per heavy atom. The third-order valence-corrected chi connectivity index (χ3v) is 8.56. The average Bonchev–Trinajstić information content (AvgIpc) is 2.90. The Balaban J connectivity index is 2.09. The van der Waals surface area contributed by atoms with Crippen molar-refractivity contribution in [3.63, 3.8) is 0 Å². The number of likely N-dealkylation sites (N-methyl/N-ethyl adjacent to an activating group) is 1. The van der Waals surface area contributed by atoms with Crippen LogP contribution in [0.1, 0.15) is 25.8 Å². The van der Waals surface area contributed by atoms with Crippen LogP contribution in [0.25, 0.3) is 0 Å². The van der Waals surface area contributed by atoms with Gasteiger partial charge in [-0.05, 0) is 61.4 Å². The van der Waals surface area contributed by atoms with E-state index in [2.05, 4.69) is 5.32 Å². The first-order valence-electron chi connectivity index (χ1n) is 12.0. The summed E-state index contributed by atoms with van der Waals surface area (Å²) in [6, 6.07) is 14.7. The highest BCUT2D eigenvalue weighted by Crippen LogP contribution is 2.29. The number of hydrogen-bond acceptors (Lipinski definition) is 4. The summed E-state index contributed by atoms with van der Waals surface area (Å²) in [5.41, 5.74) is 0.494. The third kappa shape index (κ3) is 7.42. The number of carbonyl (C=O) groups is 2. The van der Waals surface area contributed by atoms with Crippen molar-refractivity contribution in [2.75, 3.05) is 17.4 Å². The average molecular weight is 615 g/mol. The molecule has 0 heterocycles. The summed E-state index contributed by atoms with van der Waals surface area (Å²) in [6.07, 6.45) is 0.247. The summed E-state index contributed by atoms with van der Waals surface area (Å²) in [4.78, 5) is 28.1. The Hall–Kier alpha value is -2.85. The zero-order valence-corrected chi connectivity index (χ0v) is 24.3. The minimum atomic E-state index is -4.30. The molecule has 1 N–H and O–H groups in total. The largest absolute Gasteiger partial charge is 0.355 e. The van der Waals surface area contributed by atoms with Gasteiger partial charge in [0.15, 0.2) is 0 Å². The molecule has 7 nitrogen and oxygen atoms in total. The van der Waals surface area contributed by atoms with Crippen molar-refractivity contribution in [2.45, 2.75) is 37.8 Å². The van der Waals surface area contributed by atoms with Gasteiger partial charge in [-0.3, -0.25) is 13.9 Å². The number of amides is 2. The fourth-order valence-corrected chi connectivity index (χ4v) is 6.00. The third-order valence-electron chi connectivity index (χ3n) is 5.89. The molecule has 12 heteroatoms. The lowest BCUT2D eigenvalue weighted by Gasteiger charge is -2.33. The number of sulfonamides is 1. The second kappa shape index (κ2) is 13.5. The van der Waals surface area contributed by atoms with Crippen molar-refractivity contribution < 1.29 is 22.4 Å². The van der Waals surface area contributed by atoms with Crippen molar-refractivity contribution in [3.8, 4) is 0 Å². The topological polar surface area (TPSA) is 86.8 Å². The molecule has 0 saturated carbocycles. The van der Waals surface area contributed by atoms with Crippen molar-refractivity contribution in [1.29, 1.82) is 0 Å². The molecule has 1 atom stereocenters. The van der Waals surface area contributed by atoms with Gasteiger partial charge in [0.05, 0.1) is 15.6 Å². The zero-order chi connectivity index (χ0) is 28.7. The van der Waals surface area contributed by atoms with Crippen LogP contribution in [0, 0.1) is 5.82 Å². The molecular weight excluding hydrogens is 588 g/mol. The van der Waals surface area contributed by atoms with Gasteiger partial charge < -0.3 is 10.2 Å². The van der Waals surface area contributed by atoms with Gasteiger partial charge in [-0.15, -0.1) is 0 Å². The van der Waals surface area contributed by atoms with E-state index in [0.717, 1.165) is 16.4 Å². The quantitative estimate of drug-likeness (QED) is 0.290. The Kier molecular flexibility index (Phi) is 10.6. The minimum Gasteiger partial charge on any atom is -0.355 e. The monoisotopic (exact) mass is 613 g/mol. The number of rotatable bonds is 11. The lowest BCUT2D eigenvalue weighted by Crippen LogP contribution is -2.52. The molecule has 1 unspecified atom stereocenters. The molecule has 3 aromatic rings. The van der Waals surface area contributed by atoms with Crippen LogP contribution >= 0.6 is 34.8 Å². The van der Waals surface area contributed by atoms with Gasteiger partial charge in [0.25, 0.3) is 10.0 Å². The molecule has 0 aliphatic heterocycles. The molecule has 0 aromatic heterocycles. The van der Waals surface area contributed by atoms with Crippen LogP contribution in [0.4, 0.5) is 10.1 Å². The van der Waals surface area contributed by atoms with E-state index >= 15 is 0 Å². The van der Waals surface area contributed by atoms with Gasteiger partial charge >= 0.3 is 0 Å². The molecule has 0 bridgehead atoms. The predicted octanol–water partition coefficient (Wildman–Crippen LogP) is 5.92. The van der Waals surface area contributed by atoms with Crippen LogP contribution in [0.15, 0.2) is 71.6 Å². The molecule has 39 heavy (non-hydrogen) atoms. The molecule has 0 fully saturated rings. The standard InChI is InChI=1S/C27H27Cl3FN3O4S/c1-3-25(27(36)32-4-2)33(16-18-10-11-19(28)14-22(18)29)26(35)17-34(20-12-13-24(31)23(30)15-20)39(37,38)21-8-6-5-7-9-21/h5-15,25H,3-4,16-17H2,1-2H3,(H,32,36). The first-order valence-corrected chi connectivity index (χ1v) is 14.6. The fraction of sp³-hybridized carbons (Fsp3) is 0.259. The summed E-state index contributed by atoms with van der Waals surface area (Å²) in [5.74, 6) is -1.83. The molecule has 0 spiro atoms. The molecule has 3 rings (SSSR count). The van der Waals surface area contributed by atoms with Gasteiger partial charge in [0.2, 0.25) is 11.8 Å². The lowest BCUT2D eigenvalue weighted by molar-refractivity contribution is -0.140. The van der Waals surface area contributed by atoms with Crippen LogP contribution in [0.2, 0.25) is 15.1 Å². The maximum Gasteiger partial charge on any atom is 0.264 e. The van der Waals surface area contributed by atoms with E-state index < -0.39 is 40.2 Å². The number of benzene rings is 3. The van der Waals surface area contributed by atoms with Crippen LogP contribution in [-0.2, 0) is 26.2 Å². The lowest BCUT2D eigenvalue weighted by atomic mass is 10.1. The second-order valence-electron chi connectivity index (χ2n) is 8.50.